The molecule has 0 amide bonds. The molecule has 0 aromatic heterocycles. The van der Waals surface area contributed by atoms with E-state index < -0.39 is 56.7 Å². The normalized spacial score (nSPS) is 22.4. The van der Waals surface area contributed by atoms with Gasteiger partial charge in [0, 0.05) is 25.5 Å². The number of cyclic esters (lactones) is 1. The number of rotatable bonds is 17. The van der Waals surface area contributed by atoms with Crippen LogP contribution in [0.4, 0.5) is 0 Å². The Hall–Kier alpha value is -2.50. The summed E-state index contributed by atoms with van der Waals surface area (Å²) in [5.41, 5.74) is 0.561. The van der Waals surface area contributed by atoms with E-state index in [0.29, 0.717) is 12.0 Å². The second-order valence-corrected chi connectivity index (χ2v) is 12.0. The molecule has 11 nitrogen and oxygen atoms in total. The number of carboxylic acid groups (broad SMARTS) is 1. The lowest BCUT2D eigenvalue weighted by Gasteiger charge is -2.35. The third kappa shape index (κ3) is 11.3. The fourth-order valence-corrected chi connectivity index (χ4v) is 6.07. The number of aliphatic hydroxyl groups excluding tert-OH is 1. The average molecular weight is 631 g/mol. The molecule has 234 valence electrons. The van der Waals surface area contributed by atoms with Crippen LogP contribution < -0.4 is 0 Å². The van der Waals surface area contributed by atoms with Gasteiger partial charge in [0.05, 0.1) is 23.8 Å². The zero-order valence-electron chi connectivity index (χ0n) is 24.0. The highest BCUT2D eigenvalue weighted by Gasteiger charge is 2.38. The van der Waals surface area contributed by atoms with Crippen LogP contribution in [0.5, 0.6) is 5.75 Å². The first-order chi connectivity index (χ1) is 19.8. The second-order valence-electron chi connectivity index (χ2n) is 10.3. The number of phenols is 1. The van der Waals surface area contributed by atoms with Crippen molar-refractivity contribution in [1.82, 2.24) is 0 Å². The Labute approximate surface area is 251 Å². The van der Waals surface area contributed by atoms with E-state index in [1.165, 1.54) is 25.3 Å². The van der Waals surface area contributed by atoms with Gasteiger partial charge in [-0.2, -0.15) is 0 Å². The van der Waals surface area contributed by atoms with Crippen LogP contribution in [0.25, 0.3) is 6.08 Å². The van der Waals surface area contributed by atoms with Crippen LogP contribution >= 0.6 is 19.4 Å². The molecule has 0 aliphatic carbocycles. The molecule has 2 rings (SSSR count). The summed E-state index contributed by atoms with van der Waals surface area (Å²) in [6, 6.07) is 4.79. The van der Waals surface area contributed by atoms with Gasteiger partial charge >= 0.3 is 19.8 Å². The Kier molecular flexibility index (Phi) is 14.4. The Morgan fingerprint density at radius 1 is 1.21 bits per heavy atom. The largest absolute Gasteiger partial charge is 0.506 e. The minimum Gasteiger partial charge on any atom is -0.506 e. The first-order valence-electron chi connectivity index (χ1n) is 13.6. The van der Waals surface area contributed by atoms with Gasteiger partial charge in [0.1, 0.15) is 11.9 Å². The van der Waals surface area contributed by atoms with E-state index in [9.17, 15) is 34.4 Å². The number of carbonyl (C=O) groups excluding carboxylic acids is 1. The van der Waals surface area contributed by atoms with E-state index in [0.717, 1.165) is 6.42 Å². The van der Waals surface area contributed by atoms with Gasteiger partial charge in [-0.15, -0.1) is 0 Å². The number of methoxy groups -OCH3 is 1. The fourth-order valence-electron chi connectivity index (χ4n) is 4.72. The van der Waals surface area contributed by atoms with Gasteiger partial charge in [0.25, 0.3) is 0 Å². The lowest BCUT2D eigenvalue weighted by Crippen LogP contribution is -2.37. The third-order valence-corrected chi connectivity index (χ3v) is 8.36. The van der Waals surface area contributed by atoms with E-state index in [1.807, 2.05) is 19.9 Å². The molecule has 0 fully saturated rings. The monoisotopic (exact) mass is 630 g/mol. The first-order valence-corrected chi connectivity index (χ1v) is 15.5. The van der Waals surface area contributed by atoms with Crippen LogP contribution in [-0.4, -0.2) is 70.3 Å². The maximum Gasteiger partial charge on any atom is 0.473 e. The molecule has 1 aliphatic rings. The predicted molar refractivity (Wildman–Crippen MR) is 157 cm³/mol. The highest BCUT2D eigenvalue weighted by atomic mass is 35.5. The van der Waals surface area contributed by atoms with E-state index in [1.54, 1.807) is 37.3 Å². The third-order valence-electron chi connectivity index (χ3n) is 6.89. The number of esters is 1. The Bertz CT molecular complexity index is 1180. The molecule has 0 saturated carbocycles. The number of phosphoric ester groups is 1. The van der Waals surface area contributed by atoms with E-state index in [2.05, 4.69) is 0 Å². The number of phenolic OH excluding ortho intramolecular Hbond substituents is 1. The number of benzene rings is 1. The smallest absolute Gasteiger partial charge is 0.473 e. The van der Waals surface area contributed by atoms with Crippen molar-refractivity contribution in [2.45, 2.75) is 64.4 Å². The maximum atomic E-state index is 12.9. The molecule has 42 heavy (non-hydrogen) atoms. The molecule has 0 bridgehead atoms. The summed E-state index contributed by atoms with van der Waals surface area (Å²) in [5.74, 6) is -2.65. The number of aromatic hydroxyl groups is 1. The van der Waals surface area contributed by atoms with Crippen LogP contribution in [0.1, 0.15) is 45.6 Å². The number of phosphoric acid groups is 1. The van der Waals surface area contributed by atoms with Crippen molar-refractivity contribution >= 4 is 37.4 Å². The summed E-state index contributed by atoms with van der Waals surface area (Å²) in [5, 5.41) is 30.0. The molecule has 8 atom stereocenters. The van der Waals surface area contributed by atoms with Gasteiger partial charge in [-0.3, -0.25) is 9.05 Å². The fraction of sp³-hybridized carbons (Fsp3) is 0.517. The highest BCUT2D eigenvalue weighted by Crippen LogP contribution is 2.48. The molecule has 1 heterocycles. The van der Waals surface area contributed by atoms with Crippen molar-refractivity contribution in [3.63, 3.8) is 0 Å². The molecule has 1 aromatic carbocycles. The molecule has 4 N–H and O–H groups in total. The van der Waals surface area contributed by atoms with Crippen LogP contribution in [0.3, 0.4) is 0 Å². The topological polar surface area (TPSA) is 169 Å². The summed E-state index contributed by atoms with van der Waals surface area (Å²) in [7, 11) is -3.71. The summed E-state index contributed by atoms with van der Waals surface area (Å²) >= 11 is 6.07. The second kappa shape index (κ2) is 17.0. The number of aliphatic hydroxyl groups is 1. The summed E-state index contributed by atoms with van der Waals surface area (Å²) in [6.45, 7) is 5.15. The Balaban J connectivity index is 2.20. The minimum absolute atomic E-state index is 0.00209. The van der Waals surface area contributed by atoms with E-state index >= 15 is 0 Å². The molecule has 0 saturated heterocycles. The van der Waals surface area contributed by atoms with Crippen molar-refractivity contribution in [1.29, 1.82) is 0 Å². The standard InChI is InChI=1S/C29H40ClO11P/c1-5-20-13-14-26(33)39-28(20)19(3)15-18(2)24(40-42(36,37)41-25(17-38-4)29(34)35)16-22(31)11-7-6-9-21-10-8-12-23(32)27(21)30/h6-14,18-20,22,24-25,28,31-32H,5,15-17H2,1-4H3,(H,34,35)(H,36,37)/b9-6-,11-7-/t18-,19-,20-,22-,24+,25+,28-/m1/s1. The molecule has 13 heteroatoms. The lowest BCUT2D eigenvalue weighted by molar-refractivity contribution is -0.151. The van der Waals surface area contributed by atoms with Crippen molar-refractivity contribution < 1.29 is 52.9 Å². The number of carboxylic acids is 1. The molecule has 0 spiro atoms. The maximum absolute atomic E-state index is 12.9. The number of ether oxygens (including phenoxy) is 2. The van der Waals surface area contributed by atoms with Gasteiger partial charge in [-0.25, -0.2) is 14.2 Å². The van der Waals surface area contributed by atoms with Gasteiger partial charge in [0.2, 0.25) is 0 Å². The summed E-state index contributed by atoms with van der Waals surface area (Å²) in [4.78, 5) is 33.8. The number of aliphatic carboxylic acids is 1. The average Bonchev–Trinajstić information content (AvgIpc) is 2.92. The number of halogens is 1. The summed E-state index contributed by atoms with van der Waals surface area (Å²) in [6.07, 6.45) is 6.07. The van der Waals surface area contributed by atoms with Crippen molar-refractivity contribution in [2.24, 2.45) is 17.8 Å². The molecule has 1 aliphatic heterocycles. The SMILES string of the molecule is CC[C@@H]1C=CC(=O)O[C@@H]1[C@H](C)C[C@@H](C)[C@H](C[C@H](O)/C=C\C=C/c1cccc(O)c1Cl)OP(=O)(O)O[C@@H](COC)C(=O)O. The van der Waals surface area contributed by atoms with Gasteiger partial charge in [-0.05, 0) is 36.3 Å². The van der Waals surface area contributed by atoms with Gasteiger partial charge < -0.3 is 29.7 Å². The first kappa shape index (κ1) is 35.7. The summed E-state index contributed by atoms with van der Waals surface area (Å²) < 4.78 is 33.5. The van der Waals surface area contributed by atoms with Crippen LogP contribution in [0, 0.1) is 17.8 Å². The zero-order chi connectivity index (χ0) is 31.4. The molecular weight excluding hydrogens is 591 g/mol. The minimum atomic E-state index is -4.93. The van der Waals surface area contributed by atoms with Gasteiger partial charge in [0.15, 0.2) is 6.10 Å². The number of hydrogen-bond donors (Lipinski definition) is 4. The van der Waals surface area contributed by atoms with Crippen molar-refractivity contribution in [3.8, 4) is 5.75 Å². The zero-order valence-corrected chi connectivity index (χ0v) is 25.7. The quantitative estimate of drug-likeness (QED) is 0.102. The number of hydrogen-bond acceptors (Lipinski definition) is 9. The molecule has 1 aromatic rings. The van der Waals surface area contributed by atoms with Crippen molar-refractivity contribution in [3.05, 3.63) is 59.2 Å². The Morgan fingerprint density at radius 2 is 1.93 bits per heavy atom. The van der Waals surface area contributed by atoms with E-state index in [4.69, 9.17) is 30.1 Å². The Morgan fingerprint density at radius 3 is 2.57 bits per heavy atom. The van der Waals surface area contributed by atoms with Crippen LogP contribution in [0.2, 0.25) is 5.02 Å². The van der Waals surface area contributed by atoms with E-state index in [-0.39, 0.29) is 29.0 Å². The number of carbonyl (C=O) groups is 2. The van der Waals surface area contributed by atoms with Gasteiger partial charge in [-0.1, -0.05) is 74.9 Å². The lowest BCUT2D eigenvalue weighted by atomic mass is 9.81. The number of allylic oxidation sites excluding steroid dienone is 2. The molecular formula is C29H40ClO11P. The predicted octanol–water partition coefficient (Wildman–Crippen LogP) is 5.14. The molecule has 1 unspecified atom stereocenters. The van der Waals surface area contributed by atoms with Crippen LogP contribution in [0.15, 0.2) is 48.6 Å². The molecule has 0 radical (unpaired) electrons. The van der Waals surface area contributed by atoms with Crippen LogP contribution in [-0.2, 0) is 32.7 Å². The van der Waals surface area contributed by atoms with Crippen molar-refractivity contribution in [2.75, 3.05) is 13.7 Å². The highest BCUT2D eigenvalue weighted by molar-refractivity contribution is 7.47.